The Balaban J connectivity index is 2.19. The predicted molar refractivity (Wildman–Crippen MR) is 559 cm³/mol. The Morgan fingerprint density at radius 1 is 0.181 bits per heavy atom. The largest absolute Gasteiger partial charge is 0.387 e. The highest BCUT2D eigenvalue weighted by Crippen LogP contribution is 2.50. The Morgan fingerprint density at radius 2 is 0.299 bits per heavy atom. The summed E-state index contributed by atoms with van der Waals surface area (Å²) >= 11 is 0. The molecule has 7 heteroatoms. The predicted octanol–water partition coefficient (Wildman–Crippen LogP) is 37.8. The zero-order valence-corrected chi connectivity index (χ0v) is 92.2. The summed E-state index contributed by atoms with van der Waals surface area (Å²) in [7, 11) is 0. The Kier molecular flexibility index (Phi) is 62.4. The molecule has 3 aliphatic heterocycles. The maximum absolute atomic E-state index is 12.8. The summed E-state index contributed by atoms with van der Waals surface area (Å²) in [5.41, 5.74) is -4.20. The fourth-order valence-electron chi connectivity index (χ4n) is 23.8. The van der Waals surface area contributed by atoms with Crippen molar-refractivity contribution in [2.75, 3.05) is 0 Å². The highest BCUT2D eigenvalue weighted by atomic mass is 16.6. The molecule has 6 unspecified atom stereocenters. The van der Waals surface area contributed by atoms with E-state index in [9.17, 15) is 10.2 Å². The van der Waals surface area contributed by atoms with E-state index in [2.05, 4.69) is 208 Å². The second-order valence-electron chi connectivity index (χ2n) is 51.4. The molecule has 0 bridgehead atoms. The van der Waals surface area contributed by atoms with E-state index in [0.717, 1.165) is 199 Å². The molecule has 0 aliphatic carbocycles. The third-order valence-electron chi connectivity index (χ3n) is 33.6. The number of ether oxygens (including phenoxy) is 5. The Bertz CT molecular complexity index is 2420. The second-order valence-corrected chi connectivity index (χ2v) is 51.4. The molecule has 0 aromatic rings. The minimum Gasteiger partial charge on any atom is -0.387 e. The molecule has 0 radical (unpaired) electrons. The first-order valence-electron chi connectivity index (χ1n) is 57.6. The maximum atomic E-state index is 12.8. The zero-order chi connectivity index (χ0) is 94.8. The van der Waals surface area contributed by atoms with Gasteiger partial charge in [-0.25, -0.2) is 0 Å². The first-order chi connectivity index (χ1) is 59.8. The molecule has 3 saturated heterocycles. The number of hydrogen-bond donors (Lipinski definition) is 2. The van der Waals surface area contributed by atoms with Crippen LogP contribution in [0.15, 0.2) is 0 Å². The van der Waals surface area contributed by atoms with E-state index in [1.54, 1.807) is 0 Å². The molecule has 7 nitrogen and oxygen atoms in total. The number of rotatable bonds is 82. The average molecular weight is 1790 g/mol. The molecule has 0 amide bonds. The average Bonchev–Trinajstić information content (AvgIpc) is 1.63. The van der Waals surface area contributed by atoms with Gasteiger partial charge in [-0.3, -0.25) is 0 Å². The molecule has 127 heavy (non-hydrogen) atoms. The minimum absolute atomic E-state index is 0.127. The van der Waals surface area contributed by atoms with Crippen LogP contribution in [-0.2, 0) is 23.7 Å². The van der Waals surface area contributed by atoms with Gasteiger partial charge in [0, 0.05) is 0 Å². The molecule has 2 N–H and O–H groups in total. The summed E-state index contributed by atoms with van der Waals surface area (Å²) in [6.45, 7) is 72.7. The lowest BCUT2D eigenvalue weighted by Gasteiger charge is -2.48. The minimum atomic E-state index is -0.911. The van der Waals surface area contributed by atoms with Crippen LogP contribution < -0.4 is 0 Å². The highest BCUT2D eigenvalue weighted by Gasteiger charge is 2.56. The van der Waals surface area contributed by atoms with Gasteiger partial charge in [0.2, 0.25) is 0 Å². The van der Waals surface area contributed by atoms with Crippen LogP contribution in [0.3, 0.4) is 0 Å². The van der Waals surface area contributed by atoms with Gasteiger partial charge in [-0.1, -0.05) is 474 Å². The van der Waals surface area contributed by atoms with Crippen LogP contribution in [0.1, 0.15) is 593 Å². The third-order valence-corrected chi connectivity index (χ3v) is 33.6. The molecule has 0 spiro atoms. The monoisotopic (exact) mass is 1790 g/mol. The summed E-state index contributed by atoms with van der Waals surface area (Å²) in [6.07, 6.45) is 71.3. The molecule has 0 saturated carbocycles. The maximum Gasteiger partial charge on any atom is 0.0923 e. The van der Waals surface area contributed by atoms with Crippen molar-refractivity contribution in [1.82, 2.24) is 0 Å². The number of hydrogen-bond acceptors (Lipinski definition) is 7. The smallest absolute Gasteiger partial charge is 0.0923 e. The second kappa shape index (κ2) is 65.6. The standard InChI is InChI=1S/C120H236O7/c1-91(2)49-31-55-97(13)61-37-67-103(19)73-43-85-115(25,121)109-79-81-111(123-109)117(27,87-45-75-105(21)69-39-63-99(15)57-33-51-93(5)6)126-119(29,89-47-77-107(23)71-41-65-101(17)59-35-53-95(9)10)113-83-84-114(125-113)120(30,90-48-78-108(24)72-42-66-102(18)60-36-54-96(11)12)127-118(28,88-46-76-106(22)70-40-64-100(16)58-34-52-94(7)8)112-82-80-110(124-112)116(26,122)86-44-74-104(20)68-38-62-98(14)56-32-50-92(3)4/h91-114,121-122H,31-90H2,1-30H3/t97-,98-,99-,100-,101-,102-,103-,104-,105-,106-,107-,108-,109-,110-,111-,112-,113-,114-,115?,116?,117?,118?,119?,120?/m1/s1. The summed E-state index contributed by atoms with van der Waals surface area (Å²) in [4.78, 5) is 0. The van der Waals surface area contributed by atoms with Gasteiger partial charge < -0.3 is 33.9 Å². The highest BCUT2D eigenvalue weighted by molar-refractivity contribution is 5.05. The fourth-order valence-corrected chi connectivity index (χ4v) is 23.8. The van der Waals surface area contributed by atoms with Crippen LogP contribution in [-0.4, -0.2) is 80.4 Å². The van der Waals surface area contributed by atoms with E-state index < -0.39 is 33.6 Å². The molecule has 0 aromatic carbocycles. The van der Waals surface area contributed by atoms with Crippen molar-refractivity contribution in [2.24, 2.45) is 107 Å². The molecule has 3 aliphatic rings. The fraction of sp³-hybridized carbons (Fsp3) is 1.00. The van der Waals surface area contributed by atoms with Crippen molar-refractivity contribution in [1.29, 1.82) is 0 Å². The Hall–Kier alpha value is -0.280. The van der Waals surface area contributed by atoms with Gasteiger partial charge in [-0.05, 0) is 225 Å². The summed E-state index contributed by atoms with van der Waals surface area (Å²) < 4.78 is 40.2. The number of aliphatic hydroxyl groups is 2. The topological polar surface area (TPSA) is 86.6 Å². The van der Waals surface area contributed by atoms with E-state index >= 15 is 0 Å². The summed E-state index contributed by atoms with van der Waals surface area (Å²) in [5.74, 6) is 13.4. The van der Waals surface area contributed by atoms with Crippen molar-refractivity contribution in [2.45, 2.75) is 663 Å². The van der Waals surface area contributed by atoms with Crippen molar-refractivity contribution in [3.63, 3.8) is 0 Å². The van der Waals surface area contributed by atoms with Gasteiger partial charge in [0.1, 0.15) is 0 Å². The lowest BCUT2D eigenvalue weighted by atomic mass is 9.82. The van der Waals surface area contributed by atoms with E-state index in [-0.39, 0.29) is 36.6 Å². The Morgan fingerprint density at radius 3 is 0.449 bits per heavy atom. The van der Waals surface area contributed by atoms with Crippen molar-refractivity contribution >= 4 is 0 Å². The van der Waals surface area contributed by atoms with E-state index in [0.29, 0.717) is 35.5 Å². The molecule has 758 valence electrons. The van der Waals surface area contributed by atoms with E-state index in [4.69, 9.17) is 23.7 Å². The first-order valence-corrected chi connectivity index (χ1v) is 57.6. The molecule has 0 aromatic heterocycles. The van der Waals surface area contributed by atoms with Gasteiger partial charge in [0.15, 0.2) is 0 Å². The van der Waals surface area contributed by atoms with Gasteiger partial charge in [-0.2, -0.15) is 0 Å². The van der Waals surface area contributed by atoms with Gasteiger partial charge in [0.05, 0.1) is 70.2 Å². The summed E-state index contributed by atoms with van der Waals surface area (Å²) in [6, 6.07) is 0. The van der Waals surface area contributed by atoms with E-state index in [1.807, 2.05) is 0 Å². The van der Waals surface area contributed by atoms with Crippen LogP contribution >= 0.6 is 0 Å². The van der Waals surface area contributed by atoms with Crippen molar-refractivity contribution < 1.29 is 33.9 Å². The molecule has 3 heterocycles. The molecule has 3 rings (SSSR count). The zero-order valence-electron chi connectivity index (χ0n) is 92.2. The van der Waals surface area contributed by atoms with Crippen LogP contribution in [0.25, 0.3) is 0 Å². The normalized spacial score (nSPS) is 23.8. The first kappa shape index (κ1) is 121. The van der Waals surface area contributed by atoms with Crippen LogP contribution in [0.2, 0.25) is 0 Å². The molecule has 24 atom stereocenters. The summed E-state index contributed by atoms with van der Waals surface area (Å²) in [5, 5.41) is 25.6. The lowest BCUT2D eigenvalue weighted by Crippen LogP contribution is -2.56. The third kappa shape index (κ3) is 54.0. The van der Waals surface area contributed by atoms with Gasteiger partial charge in [-0.15, -0.1) is 0 Å². The SMILES string of the molecule is CC(C)CCC[C@@H](C)CCC[C@@H](C)CCCC(C)(O)[C@H]1CC[C@H](C(C)(CCC[C@H](C)CCC[C@H](C)CCCC(C)C)OC(C)(CCC[C@H](C)CCC[C@H](C)CCCC(C)C)[C@H]2CC[C@H](C(C)(CCC[C@H](C)CCC[C@H](C)CCCC(C)C)OC(C)(CCC[C@H](C)CCC[C@H](C)CCCC(C)C)[C@H]3CC[C@H](C(C)(O)CCC[C@H](C)CCC[C@H](C)CCCC(C)C)O3)O2)O1. The van der Waals surface area contributed by atoms with Gasteiger partial charge in [0.25, 0.3) is 0 Å². The molecular formula is C120H236O7. The van der Waals surface area contributed by atoms with Crippen molar-refractivity contribution in [3.05, 3.63) is 0 Å². The molecule has 3 fully saturated rings. The van der Waals surface area contributed by atoms with Crippen LogP contribution in [0, 0.1) is 107 Å². The van der Waals surface area contributed by atoms with Crippen LogP contribution in [0.4, 0.5) is 0 Å². The van der Waals surface area contributed by atoms with Crippen molar-refractivity contribution in [3.8, 4) is 0 Å². The Labute approximate surface area is 798 Å². The van der Waals surface area contributed by atoms with Crippen LogP contribution in [0.5, 0.6) is 0 Å². The lowest BCUT2D eigenvalue weighted by molar-refractivity contribution is -0.266. The quantitative estimate of drug-likeness (QED) is 0.0627. The molecular weight excluding hydrogens is 1550 g/mol. The van der Waals surface area contributed by atoms with E-state index in [1.165, 1.54) is 257 Å². The van der Waals surface area contributed by atoms with Gasteiger partial charge >= 0.3 is 0 Å².